The third-order valence-corrected chi connectivity index (χ3v) is 2.82. The van der Waals surface area contributed by atoms with Gasteiger partial charge in [0, 0.05) is 24.8 Å². The van der Waals surface area contributed by atoms with Crippen molar-refractivity contribution in [2.75, 3.05) is 13.6 Å². The molecule has 88 valence electrons. The van der Waals surface area contributed by atoms with Gasteiger partial charge < -0.3 is 10.6 Å². The van der Waals surface area contributed by atoms with Gasteiger partial charge in [0.25, 0.3) is 5.91 Å². The second-order valence-electron chi connectivity index (χ2n) is 4.54. The highest BCUT2D eigenvalue weighted by Crippen LogP contribution is 2.13. The summed E-state index contributed by atoms with van der Waals surface area (Å²) in [4.78, 5) is 18.0. The zero-order chi connectivity index (χ0) is 12.3. The monoisotopic (exact) mass is 221 g/mol. The van der Waals surface area contributed by atoms with Crippen LogP contribution in [0.4, 0.5) is 0 Å². The summed E-state index contributed by atoms with van der Waals surface area (Å²) in [5.41, 5.74) is 6.58. The van der Waals surface area contributed by atoms with Gasteiger partial charge in [0.15, 0.2) is 0 Å². The zero-order valence-corrected chi connectivity index (χ0v) is 10.3. The molecule has 16 heavy (non-hydrogen) atoms. The number of rotatable bonds is 3. The molecule has 0 bridgehead atoms. The Balaban J connectivity index is 2.95. The van der Waals surface area contributed by atoms with Crippen molar-refractivity contribution in [3.63, 3.8) is 0 Å². The maximum Gasteiger partial charge on any atom is 0.272 e. The Morgan fingerprint density at radius 2 is 2.12 bits per heavy atom. The summed E-state index contributed by atoms with van der Waals surface area (Å²) in [7, 11) is 1.75. The summed E-state index contributed by atoms with van der Waals surface area (Å²) < 4.78 is 0. The van der Waals surface area contributed by atoms with Crippen LogP contribution < -0.4 is 5.73 Å². The van der Waals surface area contributed by atoms with Gasteiger partial charge in [-0.3, -0.25) is 4.79 Å². The summed E-state index contributed by atoms with van der Waals surface area (Å²) in [6, 6.07) is 5.42. The molecule has 0 aromatic carbocycles. The minimum absolute atomic E-state index is 0.0980. The Kier molecular flexibility index (Phi) is 3.65. The van der Waals surface area contributed by atoms with E-state index in [-0.39, 0.29) is 11.4 Å². The van der Waals surface area contributed by atoms with Crippen LogP contribution in [0.1, 0.15) is 30.0 Å². The van der Waals surface area contributed by atoms with Gasteiger partial charge in [0.1, 0.15) is 5.69 Å². The smallest absolute Gasteiger partial charge is 0.272 e. The molecule has 1 amide bonds. The molecule has 0 aliphatic heterocycles. The van der Waals surface area contributed by atoms with E-state index in [9.17, 15) is 4.79 Å². The molecule has 1 aromatic rings. The lowest BCUT2D eigenvalue weighted by atomic mass is 10.0. The lowest BCUT2D eigenvalue weighted by molar-refractivity contribution is 0.0634. The van der Waals surface area contributed by atoms with Gasteiger partial charge in [-0.05, 0) is 32.9 Å². The van der Waals surface area contributed by atoms with Gasteiger partial charge in [0.05, 0.1) is 0 Å². The van der Waals surface area contributed by atoms with Crippen molar-refractivity contribution in [3.8, 4) is 0 Å². The highest BCUT2D eigenvalue weighted by Gasteiger charge is 2.27. The number of likely N-dealkylation sites (N-methyl/N-ethyl adjacent to an activating group) is 1. The summed E-state index contributed by atoms with van der Waals surface area (Å²) in [5.74, 6) is -0.0980. The number of carbonyl (C=O) groups is 1. The van der Waals surface area contributed by atoms with Crippen LogP contribution in [0.5, 0.6) is 0 Å². The van der Waals surface area contributed by atoms with Gasteiger partial charge in [-0.2, -0.15) is 0 Å². The van der Waals surface area contributed by atoms with E-state index in [0.29, 0.717) is 12.2 Å². The Hall–Kier alpha value is -1.42. The normalized spacial score (nSPS) is 11.3. The second kappa shape index (κ2) is 4.61. The van der Waals surface area contributed by atoms with E-state index in [1.165, 1.54) is 0 Å². The predicted molar refractivity (Wildman–Crippen MR) is 64.2 cm³/mol. The first kappa shape index (κ1) is 12.6. The highest BCUT2D eigenvalue weighted by atomic mass is 16.2. The van der Waals surface area contributed by atoms with E-state index in [0.717, 1.165) is 5.69 Å². The van der Waals surface area contributed by atoms with Crippen molar-refractivity contribution in [2.24, 2.45) is 5.73 Å². The fourth-order valence-corrected chi connectivity index (χ4v) is 1.25. The maximum atomic E-state index is 12.1. The van der Waals surface area contributed by atoms with Crippen molar-refractivity contribution in [1.82, 2.24) is 9.88 Å². The van der Waals surface area contributed by atoms with E-state index in [4.69, 9.17) is 5.73 Å². The number of pyridine rings is 1. The molecule has 0 fully saturated rings. The number of hydrogen-bond acceptors (Lipinski definition) is 3. The molecule has 0 spiro atoms. The van der Waals surface area contributed by atoms with Crippen LogP contribution >= 0.6 is 0 Å². The number of aryl methyl sites for hydroxylation is 1. The van der Waals surface area contributed by atoms with Crippen LogP contribution in [-0.4, -0.2) is 34.9 Å². The van der Waals surface area contributed by atoms with Gasteiger partial charge in [0.2, 0.25) is 0 Å². The fraction of sp³-hybridized carbons (Fsp3) is 0.500. The van der Waals surface area contributed by atoms with E-state index in [2.05, 4.69) is 4.98 Å². The molecule has 1 rings (SSSR count). The molecule has 4 heteroatoms. The molecular weight excluding hydrogens is 202 g/mol. The molecule has 0 atom stereocenters. The lowest BCUT2D eigenvalue weighted by Gasteiger charge is -2.34. The number of carbonyl (C=O) groups excluding carboxylic acids is 1. The molecule has 2 N–H and O–H groups in total. The van der Waals surface area contributed by atoms with E-state index in [1.54, 1.807) is 18.0 Å². The van der Waals surface area contributed by atoms with Crippen molar-refractivity contribution < 1.29 is 4.79 Å². The van der Waals surface area contributed by atoms with Gasteiger partial charge in [-0.1, -0.05) is 6.07 Å². The molecule has 1 aromatic heterocycles. The van der Waals surface area contributed by atoms with Crippen molar-refractivity contribution in [3.05, 3.63) is 29.6 Å². The highest BCUT2D eigenvalue weighted by molar-refractivity contribution is 5.92. The lowest BCUT2D eigenvalue weighted by Crippen LogP contribution is -2.50. The molecule has 0 saturated carbocycles. The summed E-state index contributed by atoms with van der Waals surface area (Å²) in [5, 5.41) is 0. The van der Waals surface area contributed by atoms with Crippen LogP contribution in [0.15, 0.2) is 18.2 Å². The van der Waals surface area contributed by atoms with Crippen LogP contribution in [-0.2, 0) is 0 Å². The van der Waals surface area contributed by atoms with Gasteiger partial charge >= 0.3 is 0 Å². The van der Waals surface area contributed by atoms with Gasteiger partial charge in [-0.15, -0.1) is 0 Å². The topological polar surface area (TPSA) is 59.2 Å². The van der Waals surface area contributed by atoms with Crippen LogP contribution in [0.3, 0.4) is 0 Å². The Morgan fingerprint density at radius 1 is 1.50 bits per heavy atom. The minimum atomic E-state index is -0.359. The molecule has 4 nitrogen and oxygen atoms in total. The number of nitrogens with two attached hydrogens (primary N) is 1. The number of amides is 1. The first-order chi connectivity index (χ1) is 7.38. The SMILES string of the molecule is Cc1cccc(C(=O)N(C)C(C)(C)CN)n1. The van der Waals surface area contributed by atoms with E-state index < -0.39 is 0 Å². The average Bonchev–Trinajstić information content (AvgIpc) is 2.27. The average molecular weight is 221 g/mol. The van der Waals surface area contributed by atoms with Crippen LogP contribution in [0.25, 0.3) is 0 Å². The molecule has 0 radical (unpaired) electrons. The van der Waals surface area contributed by atoms with Crippen LogP contribution in [0.2, 0.25) is 0 Å². The Morgan fingerprint density at radius 3 is 2.62 bits per heavy atom. The standard InChI is InChI=1S/C12H19N3O/c1-9-6-5-7-10(14-9)11(16)15(4)12(2,3)8-13/h5-7H,8,13H2,1-4H3. The number of nitrogens with zero attached hydrogens (tertiary/aromatic N) is 2. The zero-order valence-electron chi connectivity index (χ0n) is 10.3. The molecule has 0 aliphatic rings. The third-order valence-electron chi connectivity index (χ3n) is 2.82. The minimum Gasteiger partial charge on any atom is -0.334 e. The summed E-state index contributed by atoms with van der Waals surface area (Å²) in [6.45, 7) is 6.15. The molecule has 0 saturated heterocycles. The molecule has 1 heterocycles. The molecular formula is C12H19N3O. The number of aromatic nitrogens is 1. The predicted octanol–water partition coefficient (Wildman–Crippen LogP) is 1.20. The van der Waals surface area contributed by atoms with Crippen LogP contribution in [0, 0.1) is 6.92 Å². The Labute approximate surface area is 96.5 Å². The van der Waals surface area contributed by atoms with Crippen molar-refractivity contribution in [1.29, 1.82) is 0 Å². The fourth-order valence-electron chi connectivity index (χ4n) is 1.25. The Bertz CT molecular complexity index is 388. The molecule has 0 aliphatic carbocycles. The van der Waals surface area contributed by atoms with Crippen molar-refractivity contribution >= 4 is 5.91 Å². The number of hydrogen-bond donors (Lipinski definition) is 1. The first-order valence-electron chi connectivity index (χ1n) is 5.30. The van der Waals surface area contributed by atoms with E-state index >= 15 is 0 Å². The van der Waals surface area contributed by atoms with E-state index in [1.807, 2.05) is 32.9 Å². The summed E-state index contributed by atoms with van der Waals surface area (Å²) >= 11 is 0. The van der Waals surface area contributed by atoms with Crippen molar-refractivity contribution in [2.45, 2.75) is 26.3 Å². The summed E-state index contributed by atoms with van der Waals surface area (Å²) in [6.07, 6.45) is 0. The third kappa shape index (κ3) is 2.58. The first-order valence-corrected chi connectivity index (χ1v) is 5.30. The largest absolute Gasteiger partial charge is 0.334 e. The molecule has 0 unspecified atom stereocenters. The quantitative estimate of drug-likeness (QED) is 0.834. The second-order valence-corrected chi connectivity index (χ2v) is 4.54. The maximum absolute atomic E-state index is 12.1. The van der Waals surface area contributed by atoms with Gasteiger partial charge in [-0.25, -0.2) is 4.98 Å².